The Kier molecular flexibility index (Phi) is 3.19. The SMILES string of the molecule is c1ccc(-c2cnc(CSc3nnnn3C3CC3)o2)cc1. The average Bonchev–Trinajstić information content (AvgIpc) is 3.09. The van der Waals surface area contributed by atoms with Crippen molar-refractivity contribution < 1.29 is 4.42 Å². The molecule has 7 heteroatoms. The van der Waals surface area contributed by atoms with E-state index in [9.17, 15) is 0 Å². The number of oxazole rings is 1. The third-order valence-corrected chi connectivity index (χ3v) is 4.21. The van der Waals surface area contributed by atoms with E-state index < -0.39 is 0 Å². The van der Waals surface area contributed by atoms with E-state index in [-0.39, 0.29) is 0 Å². The highest BCUT2D eigenvalue weighted by Gasteiger charge is 2.28. The normalized spacial score (nSPS) is 14.5. The fourth-order valence-electron chi connectivity index (χ4n) is 2.07. The molecule has 2 aromatic heterocycles. The number of thioether (sulfide) groups is 1. The van der Waals surface area contributed by atoms with Gasteiger partial charge in [0, 0.05) is 5.56 Å². The molecule has 0 atom stereocenters. The predicted molar refractivity (Wildman–Crippen MR) is 77.6 cm³/mol. The van der Waals surface area contributed by atoms with Crippen LogP contribution in [0.25, 0.3) is 11.3 Å². The molecule has 1 aliphatic carbocycles. The van der Waals surface area contributed by atoms with Crippen molar-refractivity contribution in [3.63, 3.8) is 0 Å². The molecule has 6 nitrogen and oxygen atoms in total. The van der Waals surface area contributed by atoms with Crippen LogP contribution in [0.1, 0.15) is 24.8 Å². The molecule has 2 heterocycles. The highest BCUT2D eigenvalue weighted by atomic mass is 32.2. The van der Waals surface area contributed by atoms with Gasteiger partial charge >= 0.3 is 0 Å². The highest BCUT2D eigenvalue weighted by Crippen LogP contribution is 2.36. The zero-order valence-electron chi connectivity index (χ0n) is 11.2. The summed E-state index contributed by atoms with van der Waals surface area (Å²) in [6.45, 7) is 0. The van der Waals surface area contributed by atoms with Gasteiger partial charge in [0.15, 0.2) is 5.76 Å². The Balaban J connectivity index is 1.46. The molecule has 0 N–H and O–H groups in total. The lowest BCUT2D eigenvalue weighted by Crippen LogP contribution is -1.98. The van der Waals surface area contributed by atoms with Crippen LogP contribution in [0.15, 0.2) is 46.1 Å². The number of hydrogen-bond acceptors (Lipinski definition) is 6. The molecule has 0 saturated heterocycles. The lowest BCUT2D eigenvalue weighted by atomic mass is 10.2. The van der Waals surface area contributed by atoms with Crippen molar-refractivity contribution in [3.05, 3.63) is 42.4 Å². The van der Waals surface area contributed by atoms with Crippen molar-refractivity contribution in [1.29, 1.82) is 0 Å². The fourth-order valence-corrected chi connectivity index (χ4v) is 2.87. The topological polar surface area (TPSA) is 69.6 Å². The van der Waals surface area contributed by atoms with E-state index in [1.807, 2.05) is 35.0 Å². The van der Waals surface area contributed by atoms with Crippen molar-refractivity contribution in [2.45, 2.75) is 29.8 Å². The molecule has 4 rings (SSSR count). The van der Waals surface area contributed by atoms with Crippen molar-refractivity contribution in [2.75, 3.05) is 0 Å². The van der Waals surface area contributed by atoms with Crippen LogP contribution in [0.5, 0.6) is 0 Å². The molecule has 21 heavy (non-hydrogen) atoms. The van der Waals surface area contributed by atoms with E-state index in [0.717, 1.165) is 29.3 Å². The van der Waals surface area contributed by atoms with Crippen LogP contribution in [0.2, 0.25) is 0 Å². The van der Waals surface area contributed by atoms with E-state index >= 15 is 0 Å². The molecule has 0 radical (unpaired) electrons. The lowest BCUT2D eigenvalue weighted by Gasteiger charge is -1.99. The first-order valence-corrected chi connectivity index (χ1v) is 7.79. The second-order valence-corrected chi connectivity index (χ2v) is 5.85. The van der Waals surface area contributed by atoms with E-state index in [1.165, 1.54) is 0 Å². The zero-order chi connectivity index (χ0) is 14.1. The summed E-state index contributed by atoms with van der Waals surface area (Å²) in [5.74, 6) is 2.09. The van der Waals surface area contributed by atoms with Crippen LogP contribution in [-0.2, 0) is 5.75 Å². The largest absolute Gasteiger partial charge is 0.440 e. The molecule has 0 bridgehead atoms. The van der Waals surface area contributed by atoms with Gasteiger partial charge in [0.1, 0.15) is 0 Å². The molecular weight excluding hydrogens is 286 g/mol. The van der Waals surface area contributed by atoms with Crippen molar-refractivity contribution in [3.8, 4) is 11.3 Å². The molecule has 1 aromatic carbocycles. The van der Waals surface area contributed by atoms with Crippen LogP contribution < -0.4 is 0 Å². The Bertz CT molecular complexity index is 735. The first-order chi connectivity index (χ1) is 10.4. The third-order valence-electron chi connectivity index (χ3n) is 3.29. The maximum atomic E-state index is 5.77. The molecule has 3 aromatic rings. The fraction of sp³-hybridized carbons (Fsp3) is 0.286. The van der Waals surface area contributed by atoms with E-state index in [1.54, 1.807) is 18.0 Å². The first-order valence-electron chi connectivity index (χ1n) is 6.81. The molecule has 0 aliphatic heterocycles. The Hall–Kier alpha value is -2.15. The number of tetrazole rings is 1. The van der Waals surface area contributed by atoms with Crippen molar-refractivity contribution in [1.82, 2.24) is 25.2 Å². The van der Waals surface area contributed by atoms with Gasteiger partial charge in [-0.3, -0.25) is 0 Å². The van der Waals surface area contributed by atoms with Gasteiger partial charge in [-0.15, -0.1) is 5.10 Å². The summed E-state index contributed by atoms with van der Waals surface area (Å²) >= 11 is 1.55. The van der Waals surface area contributed by atoms with Gasteiger partial charge in [0.2, 0.25) is 11.0 Å². The number of benzene rings is 1. The summed E-state index contributed by atoms with van der Waals surface area (Å²) in [6.07, 6.45) is 4.08. The highest BCUT2D eigenvalue weighted by molar-refractivity contribution is 7.98. The van der Waals surface area contributed by atoms with Crippen LogP contribution in [-0.4, -0.2) is 25.2 Å². The first kappa shape index (κ1) is 12.6. The molecule has 0 amide bonds. The predicted octanol–water partition coefficient (Wildman–Crippen LogP) is 2.96. The van der Waals surface area contributed by atoms with Gasteiger partial charge in [-0.25, -0.2) is 9.67 Å². The number of nitrogens with zero attached hydrogens (tertiary/aromatic N) is 5. The molecule has 1 fully saturated rings. The Morgan fingerprint density at radius 1 is 1.24 bits per heavy atom. The minimum Gasteiger partial charge on any atom is -0.440 e. The minimum absolute atomic E-state index is 0.479. The van der Waals surface area contributed by atoms with Gasteiger partial charge in [-0.2, -0.15) is 0 Å². The Morgan fingerprint density at radius 3 is 2.90 bits per heavy atom. The monoisotopic (exact) mass is 299 g/mol. The summed E-state index contributed by atoms with van der Waals surface area (Å²) in [4.78, 5) is 4.32. The summed E-state index contributed by atoms with van der Waals surface area (Å²) < 4.78 is 7.67. The maximum Gasteiger partial charge on any atom is 0.210 e. The summed E-state index contributed by atoms with van der Waals surface area (Å²) in [7, 11) is 0. The van der Waals surface area contributed by atoms with Crippen LogP contribution in [0.4, 0.5) is 0 Å². The van der Waals surface area contributed by atoms with Gasteiger partial charge in [0.25, 0.3) is 0 Å². The van der Waals surface area contributed by atoms with Gasteiger partial charge in [-0.1, -0.05) is 42.1 Å². The smallest absolute Gasteiger partial charge is 0.210 e. The van der Waals surface area contributed by atoms with Gasteiger partial charge in [-0.05, 0) is 23.3 Å². The summed E-state index contributed by atoms with van der Waals surface area (Å²) in [5, 5.41) is 12.6. The number of aromatic nitrogens is 5. The molecular formula is C14H13N5OS. The molecule has 0 unspecified atom stereocenters. The van der Waals surface area contributed by atoms with Crippen molar-refractivity contribution >= 4 is 11.8 Å². The standard InChI is InChI=1S/C14H13N5OS/c1-2-4-10(5-3-1)12-8-15-13(20-12)9-21-14-16-17-18-19(14)11-6-7-11/h1-5,8,11H,6-7,9H2. The lowest BCUT2D eigenvalue weighted by molar-refractivity contribution is 0.528. The second-order valence-electron chi connectivity index (χ2n) is 4.91. The van der Waals surface area contributed by atoms with E-state index in [2.05, 4.69) is 20.5 Å². The molecule has 0 spiro atoms. The maximum absolute atomic E-state index is 5.77. The quantitative estimate of drug-likeness (QED) is 0.675. The zero-order valence-corrected chi connectivity index (χ0v) is 12.0. The molecule has 1 saturated carbocycles. The van der Waals surface area contributed by atoms with Crippen molar-refractivity contribution in [2.24, 2.45) is 0 Å². The van der Waals surface area contributed by atoms with Crippen LogP contribution in [0, 0.1) is 0 Å². The Labute approximate surface area is 125 Å². The van der Waals surface area contributed by atoms with Crippen LogP contribution in [0.3, 0.4) is 0 Å². The summed E-state index contributed by atoms with van der Waals surface area (Å²) in [5.41, 5.74) is 1.03. The minimum atomic E-state index is 0.479. The van der Waals surface area contributed by atoms with E-state index in [4.69, 9.17) is 4.42 Å². The van der Waals surface area contributed by atoms with Crippen LogP contribution >= 0.6 is 11.8 Å². The third kappa shape index (κ3) is 2.69. The van der Waals surface area contributed by atoms with Gasteiger partial charge in [0.05, 0.1) is 18.0 Å². The summed E-state index contributed by atoms with van der Waals surface area (Å²) in [6, 6.07) is 10.4. The Morgan fingerprint density at radius 2 is 2.10 bits per heavy atom. The second kappa shape index (κ2) is 5.33. The van der Waals surface area contributed by atoms with E-state index in [0.29, 0.717) is 17.7 Å². The number of hydrogen-bond donors (Lipinski definition) is 0. The van der Waals surface area contributed by atoms with Gasteiger partial charge < -0.3 is 4.42 Å². The molecule has 106 valence electrons. The molecule has 1 aliphatic rings. The number of rotatable bonds is 5. The average molecular weight is 299 g/mol.